The van der Waals surface area contributed by atoms with Gasteiger partial charge in [0.2, 0.25) is 0 Å². The van der Waals surface area contributed by atoms with Gasteiger partial charge in [0.1, 0.15) is 11.0 Å². The van der Waals surface area contributed by atoms with E-state index < -0.39 is 0 Å². The molecule has 0 radical (unpaired) electrons. The molecule has 0 fully saturated rings. The second-order valence-electron chi connectivity index (χ2n) is 4.94. The minimum atomic E-state index is 0.539. The largest absolute Gasteiger partial charge is 0.237 e. The van der Waals surface area contributed by atoms with Crippen molar-refractivity contribution in [2.45, 2.75) is 40.0 Å². The highest BCUT2D eigenvalue weighted by atomic mass is 35.5. The highest BCUT2D eigenvalue weighted by molar-refractivity contribution is 6.29. The molecule has 19 heavy (non-hydrogen) atoms. The van der Waals surface area contributed by atoms with Gasteiger partial charge in [0, 0.05) is 12.1 Å². The van der Waals surface area contributed by atoms with E-state index in [1.165, 1.54) is 16.7 Å². The van der Waals surface area contributed by atoms with Crippen LogP contribution in [0.2, 0.25) is 5.15 Å². The van der Waals surface area contributed by atoms with Gasteiger partial charge in [-0.1, -0.05) is 43.1 Å². The van der Waals surface area contributed by atoms with E-state index in [0.29, 0.717) is 5.15 Å². The molecule has 0 N–H and O–H groups in total. The van der Waals surface area contributed by atoms with Crippen molar-refractivity contribution >= 4 is 11.6 Å². The monoisotopic (exact) mass is 274 g/mol. The topological polar surface area (TPSA) is 25.8 Å². The predicted octanol–water partition coefficient (Wildman–Crippen LogP) is 4.29. The van der Waals surface area contributed by atoms with Gasteiger partial charge in [0.05, 0.1) is 0 Å². The lowest BCUT2D eigenvalue weighted by Gasteiger charge is -2.06. The summed E-state index contributed by atoms with van der Waals surface area (Å²) in [4.78, 5) is 8.89. The number of benzene rings is 1. The van der Waals surface area contributed by atoms with Gasteiger partial charge in [-0.3, -0.25) is 0 Å². The van der Waals surface area contributed by atoms with Gasteiger partial charge in [-0.2, -0.15) is 0 Å². The summed E-state index contributed by atoms with van der Waals surface area (Å²) in [5.74, 6) is 0.805. The Bertz CT molecular complexity index is 579. The molecular formula is C16H19ClN2. The molecule has 0 amide bonds. The van der Waals surface area contributed by atoms with Crippen LogP contribution in [0.3, 0.4) is 0 Å². The molecule has 0 saturated carbocycles. The molecule has 1 aromatic heterocycles. The quantitative estimate of drug-likeness (QED) is 0.777. The first kappa shape index (κ1) is 14.0. The number of hydrogen-bond acceptors (Lipinski definition) is 2. The number of rotatable bonds is 4. The minimum absolute atomic E-state index is 0.539. The predicted molar refractivity (Wildman–Crippen MR) is 79.8 cm³/mol. The molecule has 0 unspecified atom stereocenters. The summed E-state index contributed by atoms with van der Waals surface area (Å²) in [7, 11) is 0. The SMILES string of the molecule is CCCc1cc(Cl)nc(Cc2ccc(C)c(C)c2)n1. The van der Waals surface area contributed by atoms with E-state index in [9.17, 15) is 0 Å². The molecule has 0 bridgehead atoms. The van der Waals surface area contributed by atoms with Crippen LogP contribution >= 0.6 is 11.6 Å². The zero-order chi connectivity index (χ0) is 13.8. The van der Waals surface area contributed by atoms with Crippen molar-refractivity contribution in [1.82, 2.24) is 9.97 Å². The van der Waals surface area contributed by atoms with E-state index in [4.69, 9.17) is 11.6 Å². The summed E-state index contributed by atoms with van der Waals surface area (Å²) in [6.45, 7) is 6.38. The molecule has 3 heteroatoms. The maximum absolute atomic E-state index is 6.06. The molecule has 0 spiro atoms. The standard InChI is InChI=1S/C16H19ClN2/c1-4-5-14-10-15(17)19-16(18-14)9-13-7-6-11(2)12(3)8-13/h6-8,10H,4-5,9H2,1-3H3. The van der Waals surface area contributed by atoms with Crippen LogP contribution in [0.15, 0.2) is 24.3 Å². The number of nitrogens with zero attached hydrogens (tertiary/aromatic N) is 2. The minimum Gasteiger partial charge on any atom is -0.237 e. The Labute approximate surface area is 119 Å². The van der Waals surface area contributed by atoms with Crippen molar-refractivity contribution in [2.75, 3.05) is 0 Å². The first-order valence-electron chi connectivity index (χ1n) is 6.67. The first-order valence-corrected chi connectivity index (χ1v) is 7.04. The van der Waals surface area contributed by atoms with Gasteiger partial charge >= 0.3 is 0 Å². The molecular weight excluding hydrogens is 256 g/mol. The van der Waals surface area contributed by atoms with Crippen LogP contribution in [-0.2, 0) is 12.8 Å². The van der Waals surface area contributed by atoms with Crippen LogP contribution < -0.4 is 0 Å². The Kier molecular flexibility index (Phi) is 4.54. The van der Waals surface area contributed by atoms with Gasteiger partial charge in [0.15, 0.2) is 0 Å². The Morgan fingerprint density at radius 2 is 1.84 bits per heavy atom. The summed E-state index contributed by atoms with van der Waals surface area (Å²) >= 11 is 6.06. The fraction of sp³-hybridized carbons (Fsp3) is 0.375. The van der Waals surface area contributed by atoms with Gasteiger partial charge in [-0.05, 0) is 43.0 Å². The van der Waals surface area contributed by atoms with Crippen LogP contribution in [0, 0.1) is 13.8 Å². The number of halogens is 1. The van der Waals surface area contributed by atoms with Gasteiger partial charge in [-0.15, -0.1) is 0 Å². The van der Waals surface area contributed by atoms with Gasteiger partial charge in [-0.25, -0.2) is 9.97 Å². The summed E-state index contributed by atoms with van der Waals surface area (Å²) in [5.41, 5.74) is 4.87. The molecule has 0 saturated heterocycles. The van der Waals surface area contributed by atoms with Crippen molar-refractivity contribution in [3.05, 3.63) is 57.6 Å². The van der Waals surface area contributed by atoms with Crippen molar-refractivity contribution in [3.63, 3.8) is 0 Å². The average Bonchev–Trinajstić information content (AvgIpc) is 2.33. The second kappa shape index (κ2) is 6.16. The Balaban J connectivity index is 2.24. The highest BCUT2D eigenvalue weighted by Gasteiger charge is 2.05. The highest BCUT2D eigenvalue weighted by Crippen LogP contribution is 2.15. The van der Waals surface area contributed by atoms with E-state index in [1.54, 1.807) is 0 Å². The number of hydrogen-bond donors (Lipinski definition) is 0. The van der Waals surface area contributed by atoms with Crippen LogP contribution in [0.5, 0.6) is 0 Å². The van der Waals surface area contributed by atoms with E-state index >= 15 is 0 Å². The first-order chi connectivity index (χ1) is 9.08. The van der Waals surface area contributed by atoms with Crippen molar-refractivity contribution in [1.29, 1.82) is 0 Å². The molecule has 100 valence electrons. The summed E-state index contributed by atoms with van der Waals surface area (Å²) < 4.78 is 0. The number of aryl methyl sites for hydroxylation is 3. The van der Waals surface area contributed by atoms with Crippen molar-refractivity contribution in [3.8, 4) is 0 Å². The molecule has 0 aliphatic heterocycles. The lowest BCUT2D eigenvalue weighted by Crippen LogP contribution is -2.01. The molecule has 1 heterocycles. The van der Waals surface area contributed by atoms with Gasteiger partial charge in [0.25, 0.3) is 0 Å². The van der Waals surface area contributed by atoms with Crippen molar-refractivity contribution in [2.24, 2.45) is 0 Å². The summed E-state index contributed by atoms with van der Waals surface area (Å²) in [6, 6.07) is 8.32. The Morgan fingerprint density at radius 3 is 2.53 bits per heavy atom. The lowest BCUT2D eigenvalue weighted by molar-refractivity contribution is 0.841. The molecule has 2 nitrogen and oxygen atoms in total. The maximum Gasteiger partial charge on any atom is 0.134 e. The van der Waals surface area contributed by atoms with Gasteiger partial charge < -0.3 is 0 Å². The molecule has 0 atom stereocenters. The fourth-order valence-electron chi connectivity index (χ4n) is 2.08. The summed E-state index contributed by atoms with van der Waals surface area (Å²) in [6.07, 6.45) is 2.75. The Morgan fingerprint density at radius 1 is 1.05 bits per heavy atom. The van der Waals surface area contributed by atoms with E-state index in [2.05, 4.69) is 48.9 Å². The Hall–Kier alpha value is -1.41. The molecule has 0 aliphatic rings. The maximum atomic E-state index is 6.06. The van der Waals surface area contributed by atoms with E-state index in [-0.39, 0.29) is 0 Å². The van der Waals surface area contributed by atoms with Crippen molar-refractivity contribution < 1.29 is 0 Å². The third-order valence-electron chi connectivity index (χ3n) is 3.23. The van der Waals surface area contributed by atoms with E-state index in [1.807, 2.05) is 6.07 Å². The van der Waals surface area contributed by atoms with Crippen LogP contribution in [0.25, 0.3) is 0 Å². The third-order valence-corrected chi connectivity index (χ3v) is 3.43. The lowest BCUT2D eigenvalue weighted by atomic mass is 10.0. The van der Waals surface area contributed by atoms with Crippen LogP contribution in [-0.4, -0.2) is 9.97 Å². The molecule has 1 aromatic carbocycles. The fourth-order valence-corrected chi connectivity index (χ4v) is 2.30. The molecule has 2 aromatic rings. The summed E-state index contributed by atoms with van der Waals surface area (Å²) in [5, 5.41) is 0.539. The average molecular weight is 275 g/mol. The zero-order valence-electron chi connectivity index (χ0n) is 11.7. The van der Waals surface area contributed by atoms with Crippen LogP contribution in [0.4, 0.5) is 0 Å². The normalized spacial score (nSPS) is 10.7. The zero-order valence-corrected chi connectivity index (χ0v) is 12.5. The van der Waals surface area contributed by atoms with Crippen LogP contribution in [0.1, 0.15) is 41.6 Å². The smallest absolute Gasteiger partial charge is 0.134 e. The second-order valence-corrected chi connectivity index (χ2v) is 5.33. The number of aromatic nitrogens is 2. The third kappa shape index (κ3) is 3.77. The molecule has 0 aliphatic carbocycles. The van der Waals surface area contributed by atoms with E-state index in [0.717, 1.165) is 30.8 Å². The molecule has 2 rings (SSSR count).